The predicted molar refractivity (Wildman–Crippen MR) is 108 cm³/mol. The van der Waals surface area contributed by atoms with E-state index in [0.29, 0.717) is 38.2 Å². The highest BCUT2D eigenvalue weighted by atomic mass is 16.5. The lowest BCUT2D eigenvalue weighted by Crippen LogP contribution is -2.50. The Morgan fingerprint density at radius 1 is 1.32 bits per heavy atom. The third-order valence-electron chi connectivity index (χ3n) is 5.12. The number of nitrogens with zero attached hydrogens (tertiary/aromatic N) is 2. The van der Waals surface area contributed by atoms with Gasteiger partial charge >= 0.3 is 5.97 Å². The van der Waals surface area contributed by atoms with E-state index in [4.69, 9.17) is 4.74 Å². The Balaban J connectivity index is 1.79. The number of hydrogen-bond acceptors (Lipinski definition) is 4. The number of allylic oxidation sites excluding steroid dienone is 1. The minimum absolute atomic E-state index is 0.148. The van der Waals surface area contributed by atoms with Gasteiger partial charge in [0.25, 0.3) is 5.91 Å². The number of rotatable bonds is 6. The predicted octanol–water partition coefficient (Wildman–Crippen LogP) is 3.61. The van der Waals surface area contributed by atoms with Crippen molar-refractivity contribution in [3.8, 4) is 0 Å². The lowest BCUT2D eigenvalue weighted by atomic mass is 9.76. The first kappa shape index (κ1) is 19.9. The molecule has 1 saturated heterocycles. The molecule has 28 heavy (non-hydrogen) atoms. The molecule has 2 aromatic rings. The normalized spacial score (nSPS) is 19.7. The molecule has 0 spiro atoms. The molecular weight excluding hydrogens is 354 g/mol. The summed E-state index contributed by atoms with van der Waals surface area (Å²) < 4.78 is 5.39. The van der Waals surface area contributed by atoms with Gasteiger partial charge < -0.3 is 9.64 Å². The Hall–Kier alpha value is -2.89. The van der Waals surface area contributed by atoms with Crippen molar-refractivity contribution in [2.75, 3.05) is 19.7 Å². The topological polar surface area (TPSA) is 75.3 Å². The van der Waals surface area contributed by atoms with E-state index in [1.807, 2.05) is 56.3 Å². The van der Waals surface area contributed by atoms with E-state index >= 15 is 0 Å². The summed E-state index contributed by atoms with van der Waals surface area (Å²) in [5.74, 6) is -0.381. The van der Waals surface area contributed by atoms with Crippen LogP contribution >= 0.6 is 0 Å². The van der Waals surface area contributed by atoms with Crippen LogP contribution in [-0.2, 0) is 9.53 Å². The van der Waals surface area contributed by atoms with Crippen LogP contribution < -0.4 is 0 Å². The molecule has 1 aromatic carbocycles. The number of hydrogen-bond donors (Lipinski definition) is 1. The van der Waals surface area contributed by atoms with Crippen LogP contribution in [0.1, 0.15) is 47.9 Å². The van der Waals surface area contributed by atoms with E-state index in [-0.39, 0.29) is 11.9 Å². The number of benzene rings is 1. The first-order valence-corrected chi connectivity index (χ1v) is 9.74. The number of ether oxygens (including phenoxy) is 1. The lowest BCUT2D eigenvalue weighted by Gasteiger charge is -2.40. The number of H-pyrrole nitrogens is 1. The maximum absolute atomic E-state index is 12.9. The first-order valence-electron chi connectivity index (χ1n) is 9.74. The van der Waals surface area contributed by atoms with Crippen molar-refractivity contribution in [2.24, 2.45) is 5.41 Å². The summed E-state index contributed by atoms with van der Waals surface area (Å²) in [5.41, 5.74) is 1.58. The number of carbonyl (C=O) groups is 2. The van der Waals surface area contributed by atoms with Crippen LogP contribution in [0.15, 0.2) is 42.5 Å². The molecule has 6 nitrogen and oxygen atoms in total. The van der Waals surface area contributed by atoms with E-state index in [2.05, 4.69) is 10.2 Å². The molecule has 0 aliphatic carbocycles. The molecule has 148 valence electrons. The van der Waals surface area contributed by atoms with Gasteiger partial charge in [0, 0.05) is 18.8 Å². The van der Waals surface area contributed by atoms with Gasteiger partial charge in [-0.2, -0.15) is 5.10 Å². The van der Waals surface area contributed by atoms with E-state index < -0.39 is 5.41 Å². The monoisotopic (exact) mass is 381 g/mol. The van der Waals surface area contributed by atoms with E-state index in [1.54, 1.807) is 11.0 Å². The number of aromatic nitrogens is 2. The van der Waals surface area contributed by atoms with Crippen molar-refractivity contribution in [2.45, 2.75) is 33.1 Å². The van der Waals surface area contributed by atoms with Crippen LogP contribution in [0, 0.1) is 12.3 Å². The summed E-state index contributed by atoms with van der Waals surface area (Å²) in [6.45, 7) is 4.96. The fourth-order valence-electron chi connectivity index (χ4n) is 3.68. The zero-order valence-electron chi connectivity index (χ0n) is 16.5. The molecule has 6 heteroatoms. The fraction of sp³-hybridized carbons (Fsp3) is 0.409. The van der Waals surface area contributed by atoms with Crippen LogP contribution in [0.4, 0.5) is 0 Å². The summed E-state index contributed by atoms with van der Waals surface area (Å²) in [4.78, 5) is 27.4. The van der Waals surface area contributed by atoms with Crippen molar-refractivity contribution < 1.29 is 14.3 Å². The van der Waals surface area contributed by atoms with Crippen molar-refractivity contribution >= 4 is 18.0 Å². The average molecular weight is 381 g/mol. The van der Waals surface area contributed by atoms with Gasteiger partial charge in [-0.05, 0) is 44.7 Å². The molecule has 0 bridgehead atoms. The second-order valence-corrected chi connectivity index (χ2v) is 7.28. The van der Waals surface area contributed by atoms with Crippen molar-refractivity contribution in [1.29, 1.82) is 0 Å². The van der Waals surface area contributed by atoms with Crippen molar-refractivity contribution in [3.63, 3.8) is 0 Å². The highest BCUT2D eigenvalue weighted by molar-refractivity contribution is 5.93. The second kappa shape index (κ2) is 8.87. The third kappa shape index (κ3) is 4.50. The standard InChI is InChI=1S/C22H27N3O3/c1-3-28-21(27)22(12-7-11-18-9-5-4-6-10-18)13-8-14-25(16-22)20(26)19-15-17(2)23-24-19/h4-7,9-11,15H,3,8,12-14,16H2,1-2H3,(H,23,24)/b11-7+/t22-/m1/s1. The second-order valence-electron chi connectivity index (χ2n) is 7.28. The van der Waals surface area contributed by atoms with Crippen molar-refractivity contribution in [3.05, 3.63) is 59.4 Å². The maximum atomic E-state index is 12.9. The number of likely N-dealkylation sites (tertiary alicyclic amines) is 1. The zero-order valence-corrected chi connectivity index (χ0v) is 16.5. The van der Waals surface area contributed by atoms with Gasteiger partial charge in [-0.1, -0.05) is 42.5 Å². The molecule has 1 atom stereocenters. The Morgan fingerprint density at radius 2 is 2.11 bits per heavy atom. The summed E-state index contributed by atoms with van der Waals surface area (Å²) in [5, 5.41) is 6.88. The fourth-order valence-corrected chi connectivity index (χ4v) is 3.68. The maximum Gasteiger partial charge on any atom is 0.314 e. The third-order valence-corrected chi connectivity index (χ3v) is 5.12. The van der Waals surface area contributed by atoms with Gasteiger partial charge in [0.15, 0.2) is 0 Å². The highest BCUT2D eigenvalue weighted by Gasteiger charge is 2.44. The summed E-state index contributed by atoms with van der Waals surface area (Å²) in [7, 11) is 0. The Morgan fingerprint density at radius 3 is 2.79 bits per heavy atom. The van der Waals surface area contributed by atoms with Gasteiger partial charge in [0.05, 0.1) is 12.0 Å². The highest BCUT2D eigenvalue weighted by Crippen LogP contribution is 2.36. The molecule has 1 amide bonds. The number of carbonyl (C=O) groups excluding carboxylic acids is 2. The van der Waals surface area contributed by atoms with E-state index in [1.165, 1.54) is 0 Å². The number of aryl methyl sites for hydroxylation is 1. The summed E-state index contributed by atoms with van der Waals surface area (Å²) in [6.07, 6.45) is 6.02. The van der Waals surface area contributed by atoms with Crippen LogP contribution in [0.5, 0.6) is 0 Å². The van der Waals surface area contributed by atoms with Gasteiger partial charge in [-0.3, -0.25) is 14.7 Å². The first-order chi connectivity index (χ1) is 13.5. The molecule has 1 aliphatic rings. The molecule has 3 rings (SSSR count). The van der Waals surface area contributed by atoms with Crippen LogP contribution in [0.25, 0.3) is 6.08 Å². The molecule has 2 heterocycles. The van der Waals surface area contributed by atoms with Crippen LogP contribution in [0.2, 0.25) is 0 Å². The number of esters is 1. The minimum atomic E-state index is -0.722. The lowest BCUT2D eigenvalue weighted by molar-refractivity contribution is -0.158. The minimum Gasteiger partial charge on any atom is -0.466 e. The Labute approximate surface area is 165 Å². The van der Waals surface area contributed by atoms with Crippen molar-refractivity contribution in [1.82, 2.24) is 15.1 Å². The summed E-state index contributed by atoms with van der Waals surface area (Å²) in [6, 6.07) is 11.7. The molecule has 1 fully saturated rings. The molecular formula is C22H27N3O3. The van der Waals surface area contributed by atoms with Crippen LogP contribution in [0.3, 0.4) is 0 Å². The number of nitrogens with one attached hydrogen (secondary N) is 1. The molecule has 0 unspecified atom stereocenters. The van der Waals surface area contributed by atoms with Gasteiger partial charge in [0.2, 0.25) is 0 Å². The average Bonchev–Trinajstić information content (AvgIpc) is 3.15. The molecule has 1 aromatic heterocycles. The van der Waals surface area contributed by atoms with Gasteiger partial charge in [-0.25, -0.2) is 0 Å². The van der Waals surface area contributed by atoms with E-state index in [0.717, 1.165) is 17.7 Å². The number of amides is 1. The SMILES string of the molecule is CCOC(=O)[C@]1(C/C=C/c2ccccc2)CCCN(C(=O)c2cc(C)[nH]n2)C1. The van der Waals surface area contributed by atoms with Gasteiger partial charge in [0.1, 0.15) is 5.69 Å². The number of aromatic amines is 1. The number of piperidine rings is 1. The molecule has 0 saturated carbocycles. The molecule has 1 aliphatic heterocycles. The summed E-state index contributed by atoms with van der Waals surface area (Å²) >= 11 is 0. The molecule has 1 N–H and O–H groups in total. The quantitative estimate of drug-likeness (QED) is 0.776. The zero-order chi connectivity index (χ0) is 20.0. The smallest absolute Gasteiger partial charge is 0.314 e. The van der Waals surface area contributed by atoms with Crippen LogP contribution in [-0.4, -0.2) is 46.7 Å². The Bertz CT molecular complexity index is 844. The Kier molecular flexibility index (Phi) is 6.29. The van der Waals surface area contributed by atoms with Gasteiger partial charge in [-0.15, -0.1) is 0 Å². The van der Waals surface area contributed by atoms with E-state index in [9.17, 15) is 9.59 Å². The molecule has 0 radical (unpaired) electrons. The largest absolute Gasteiger partial charge is 0.466 e.